The van der Waals surface area contributed by atoms with E-state index < -0.39 is 0 Å². The quantitative estimate of drug-likeness (QED) is 0.777. The Morgan fingerprint density at radius 1 is 1.32 bits per heavy atom. The molecule has 1 aromatic carbocycles. The summed E-state index contributed by atoms with van der Waals surface area (Å²) in [5, 5.41) is 13.6. The minimum absolute atomic E-state index is 0.186. The first-order valence-electron chi connectivity index (χ1n) is 5.93. The van der Waals surface area contributed by atoms with Gasteiger partial charge in [0.25, 0.3) is 5.89 Å². The third kappa shape index (κ3) is 2.08. The highest BCUT2D eigenvalue weighted by Crippen LogP contribution is 2.23. The smallest absolute Gasteiger partial charge is 0.278 e. The Morgan fingerprint density at radius 3 is 2.89 bits per heavy atom. The standard InChI is InChI=1S/C13H12N4O2/c1-2-12-15-13(19-16-12)9-7-17(8-14-9)10-5-3-4-6-11(10)18/h3-8,18H,2H2,1H3. The van der Waals surface area contributed by atoms with Crippen molar-refractivity contribution in [1.82, 2.24) is 19.7 Å². The zero-order valence-corrected chi connectivity index (χ0v) is 10.3. The SMILES string of the molecule is CCc1noc(-c2cn(-c3ccccc3O)cn2)n1. The van der Waals surface area contributed by atoms with E-state index in [0.29, 0.717) is 29.5 Å². The maximum absolute atomic E-state index is 9.79. The number of nitrogens with zero attached hydrogens (tertiary/aromatic N) is 4. The molecule has 0 fully saturated rings. The summed E-state index contributed by atoms with van der Waals surface area (Å²) in [6, 6.07) is 7.03. The van der Waals surface area contributed by atoms with Crippen LogP contribution in [0.2, 0.25) is 0 Å². The highest BCUT2D eigenvalue weighted by atomic mass is 16.5. The molecular weight excluding hydrogens is 244 g/mol. The molecule has 0 radical (unpaired) electrons. The van der Waals surface area contributed by atoms with Gasteiger partial charge < -0.3 is 14.2 Å². The summed E-state index contributed by atoms with van der Waals surface area (Å²) >= 11 is 0. The molecule has 2 aromatic heterocycles. The van der Waals surface area contributed by atoms with Crippen LogP contribution in [0.1, 0.15) is 12.7 Å². The van der Waals surface area contributed by atoms with Crippen molar-refractivity contribution in [2.24, 2.45) is 0 Å². The van der Waals surface area contributed by atoms with Crippen LogP contribution in [-0.4, -0.2) is 24.8 Å². The molecule has 96 valence electrons. The van der Waals surface area contributed by atoms with Gasteiger partial charge in [-0.2, -0.15) is 4.98 Å². The Morgan fingerprint density at radius 2 is 2.16 bits per heavy atom. The number of aromatic nitrogens is 4. The molecule has 0 saturated carbocycles. The molecule has 0 bridgehead atoms. The molecule has 0 aliphatic heterocycles. The summed E-state index contributed by atoms with van der Waals surface area (Å²) in [6.45, 7) is 1.95. The molecule has 6 nitrogen and oxygen atoms in total. The lowest BCUT2D eigenvalue weighted by atomic mass is 10.3. The normalized spacial score (nSPS) is 10.8. The van der Waals surface area contributed by atoms with E-state index in [4.69, 9.17) is 4.52 Å². The fourth-order valence-corrected chi connectivity index (χ4v) is 1.75. The predicted octanol–water partition coefficient (Wildman–Crippen LogP) is 2.19. The van der Waals surface area contributed by atoms with Crippen molar-refractivity contribution in [2.75, 3.05) is 0 Å². The molecule has 3 aromatic rings. The average molecular weight is 256 g/mol. The van der Waals surface area contributed by atoms with Crippen LogP contribution < -0.4 is 0 Å². The van der Waals surface area contributed by atoms with Crippen LogP contribution in [0.5, 0.6) is 5.75 Å². The molecule has 1 N–H and O–H groups in total. The second-order valence-electron chi connectivity index (χ2n) is 4.02. The molecule has 6 heteroatoms. The van der Waals surface area contributed by atoms with Crippen molar-refractivity contribution in [3.8, 4) is 23.0 Å². The van der Waals surface area contributed by atoms with E-state index in [1.807, 2.05) is 13.0 Å². The Kier molecular flexibility index (Phi) is 2.75. The number of imidazole rings is 1. The summed E-state index contributed by atoms with van der Waals surface area (Å²) in [5.41, 5.74) is 1.23. The van der Waals surface area contributed by atoms with Crippen molar-refractivity contribution >= 4 is 0 Å². The Labute approximate surface area is 109 Å². The third-order valence-electron chi connectivity index (χ3n) is 2.75. The number of benzene rings is 1. The fraction of sp³-hybridized carbons (Fsp3) is 0.154. The minimum atomic E-state index is 0.186. The molecular formula is C13H12N4O2. The van der Waals surface area contributed by atoms with Gasteiger partial charge in [-0.25, -0.2) is 4.98 Å². The predicted molar refractivity (Wildman–Crippen MR) is 67.9 cm³/mol. The van der Waals surface area contributed by atoms with Gasteiger partial charge in [0.1, 0.15) is 17.8 Å². The lowest BCUT2D eigenvalue weighted by Crippen LogP contribution is -1.89. The molecule has 0 saturated heterocycles. The van der Waals surface area contributed by atoms with Gasteiger partial charge in [-0.05, 0) is 12.1 Å². The highest BCUT2D eigenvalue weighted by molar-refractivity contribution is 5.50. The number of rotatable bonds is 3. The number of phenols is 1. The van der Waals surface area contributed by atoms with E-state index in [1.54, 1.807) is 35.3 Å². The Hall–Kier alpha value is -2.63. The van der Waals surface area contributed by atoms with Gasteiger partial charge in [-0.15, -0.1) is 0 Å². The monoisotopic (exact) mass is 256 g/mol. The number of aromatic hydroxyl groups is 1. The summed E-state index contributed by atoms with van der Waals surface area (Å²) < 4.78 is 6.83. The van der Waals surface area contributed by atoms with Crippen LogP contribution in [0.15, 0.2) is 41.3 Å². The number of phenolic OH excluding ortho intramolecular Hbond substituents is 1. The van der Waals surface area contributed by atoms with Gasteiger partial charge in [0.15, 0.2) is 5.82 Å². The first-order valence-corrected chi connectivity index (χ1v) is 5.93. The molecule has 0 aliphatic carbocycles. The number of hydrogen-bond acceptors (Lipinski definition) is 5. The van der Waals surface area contributed by atoms with Crippen molar-refractivity contribution in [3.63, 3.8) is 0 Å². The number of hydrogen-bond donors (Lipinski definition) is 1. The molecule has 0 aliphatic rings. The molecule has 0 spiro atoms. The maximum Gasteiger partial charge on any atom is 0.278 e. The van der Waals surface area contributed by atoms with E-state index in [9.17, 15) is 5.11 Å². The topological polar surface area (TPSA) is 77.0 Å². The van der Waals surface area contributed by atoms with E-state index in [0.717, 1.165) is 0 Å². The van der Waals surface area contributed by atoms with Gasteiger partial charge in [0, 0.05) is 12.6 Å². The van der Waals surface area contributed by atoms with Crippen molar-refractivity contribution in [2.45, 2.75) is 13.3 Å². The van der Waals surface area contributed by atoms with Crippen LogP contribution in [0, 0.1) is 0 Å². The first kappa shape index (κ1) is 11.5. The number of para-hydroxylation sites is 2. The minimum Gasteiger partial charge on any atom is -0.506 e. The van der Waals surface area contributed by atoms with Crippen molar-refractivity contribution in [3.05, 3.63) is 42.6 Å². The zero-order valence-electron chi connectivity index (χ0n) is 10.3. The summed E-state index contributed by atoms with van der Waals surface area (Å²) in [4.78, 5) is 8.42. The first-order chi connectivity index (χ1) is 9.28. The van der Waals surface area contributed by atoms with Gasteiger partial charge in [0.2, 0.25) is 0 Å². The van der Waals surface area contributed by atoms with E-state index >= 15 is 0 Å². The Bertz CT molecular complexity index is 702. The molecule has 0 unspecified atom stereocenters. The van der Waals surface area contributed by atoms with E-state index in [1.165, 1.54) is 0 Å². The van der Waals surface area contributed by atoms with Crippen LogP contribution in [0.4, 0.5) is 0 Å². The second-order valence-corrected chi connectivity index (χ2v) is 4.02. The molecule has 19 heavy (non-hydrogen) atoms. The molecule has 0 amide bonds. The summed E-state index contributed by atoms with van der Waals surface area (Å²) in [7, 11) is 0. The fourth-order valence-electron chi connectivity index (χ4n) is 1.75. The lowest BCUT2D eigenvalue weighted by molar-refractivity contribution is 0.422. The van der Waals surface area contributed by atoms with Gasteiger partial charge in [-0.1, -0.05) is 24.2 Å². The third-order valence-corrected chi connectivity index (χ3v) is 2.75. The summed E-state index contributed by atoms with van der Waals surface area (Å²) in [5.74, 6) is 1.21. The Balaban J connectivity index is 1.97. The second kappa shape index (κ2) is 4.56. The lowest BCUT2D eigenvalue weighted by Gasteiger charge is -2.03. The van der Waals surface area contributed by atoms with Crippen LogP contribution in [0.3, 0.4) is 0 Å². The van der Waals surface area contributed by atoms with Crippen molar-refractivity contribution < 1.29 is 9.63 Å². The zero-order chi connectivity index (χ0) is 13.2. The largest absolute Gasteiger partial charge is 0.506 e. The van der Waals surface area contributed by atoms with E-state index in [-0.39, 0.29) is 5.75 Å². The van der Waals surface area contributed by atoms with Crippen molar-refractivity contribution in [1.29, 1.82) is 0 Å². The molecule has 2 heterocycles. The van der Waals surface area contributed by atoms with Gasteiger partial charge in [0.05, 0.1) is 5.69 Å². The summed E-state index contributed by atoms with van der Waals surface area (Å²) in [6.07, 6.45) is 4.05. The maximum atomic E-state index is 9.79. The molecule has 3 rings (SSSR count). The van der Waals surface area contributed by atoms with Crippen LogP contribution in [-0.2, 0) is 6.42 Å². The highest BCUT2D eigenvalue weighted by Gasteiger charge is 2.12. The average Bonchev–Trinajstić information content (AvgIpc) is 3.08. The van der Waals surface area contributed by atoms with Gasteiger partial charge in [-0.3, -0.25) is 0 Å². The van der Waals surface area contributed by atoms with E-state index in [2.05, 4.69) is 15.1 Å². The van der Waals surface area contributed by atoms with Gasteiger partial charge >= 0.3 is 0 Å². The van der Waals surface area contributed by atoms with Crippen LogP contribution in [0.25, 0.3) is 17.3 Å². The van der Waals surface area contributed by atoms with Crippen LogP contribution >= 0.6 is 0 Å². The number of aryl methyl sites for hydroxylation is 1. The molecule has 0 atom stereocenters.